The number of benzene rings is 1. The summed E-state index contributed by atoms with van der Waals surface area (Å²) in [6, 6.07) is 9.79. The minimum Gasteiger partial charge on any atom is -0.377 e. The minimum atomic E-state index is -0.928. The monoisotopic (exact) mass is 281 g/mol. The van der Waals surface area contributed by atoms with Crippen molar-refractivity contribution in [3.8, 4) is 0 Å². The third-order valence-electron chi connectivity index (χ3n) is 3.70. The normalized spacial score (nSPS) is 24.0. The molecule has 0 spiro atoms. The van der Waals surface area contributed by atoms with E-state index in [-0.39, 0.29) is 17.4 Å². The molecule has 0 aliphatic carbocycles. The maximum atomic E-state index is 12.5. The molecule has 19 heavy (non-hydrogen) atoms. The van der Waals surface area contributed by atoms with Crippen molar-refractivity contribution in [2.75, 3.05) is 12.4 Å². The molecule has 0 amide bonds. The van der Waals surface area contributed by atoms with E-state index in [4.69, 9.17) is 10.5 Å². The van der Waals surface area contributed by atoms with E-state index in [9.17, 15) is 4.21 Å². The van der Waals surface area contributed by atoms with Crippen LogP contribution in [0.1, 0.15) is 37.8 Å². The van der Waals surface area contributed by atoms with Crippen LogP contribution in [0.4, 0.5) is 0 Å². The third-order valence-corrected chi connectivity index (χ3v) is 5.70. The fourth-order valence-corrected chi connectivity index (χ4v) is 4.31. The standard InChI is InChI=1S/C15H23NO2S/c1-2-14(15(16)12-7-4-3-5-8-12)19(17)11-13-9-6-10-18-13/h3-5,7-8,13-15H,2,6,9-11,16H2,1H3. The Morgan fingerprint density at radius 2 is 2.16 bits per heavy atom. The predicted molar refractivity (Wildman–Crippen MR) is 79.4 cm³/mol. The summed E-state index contributed by atoms with van der Waals surface area (Å²) in [5.41, 5.74) is 7.36. The first-order valence-corrected chi connectivity index (χ1v) is 8.40. The number of hydrogen-bond acceptors (Lipinski definition) is 3. The number of ether oxygens (including phenoxy) is 1. The minimum absolute atomic E-state index is 0.00611. The van der Waals surface area contributed by atoms with Crippen LogP contribution in [-0.2, 0) is 15.5 Å². The molecule has 2 N–H and O–H groups in total. The molecule has 0 saturated carbocycles. The third kappa shape index (κ3) is 3.88. The van der Waals surface area contributed by atoms with Crippen LogP contribution in [0, 0.1) is 0 Å². The lowest BCUT2D eigenvalue weighted by Gasteiger charge is -2.23. The maximum absolute atomic E-state index is 12.5. The van der Waals surface area contributed by atoms with Crippen molar-refractivity contribution in [3.05, 3.63) is 35.9 Å². The first-order chi connectivity index (χ1) is 9.22. The molecule has 106 valence electrons. The van der Waals surface area contributed by atoms with Gasteiger partial charge in [0.2, 0.25) is 0 Å². The van der Waals surface area contributed by atoms with Crippen LogP contribution >= 0.6 is 0 Å². The summed E-state index contributed by atoms with van der Waals surface area (Å²) in [4.78, 5) is 0. The van der Waals surface area contributed by atoms with Crippen molar-refractivity contribution in [1.82, 2.24) is 0 Å². The molecule has 4 unspecified atom stereocenters. The SMILES string of the molecule is CCC(C(N)c1ccccc1)S(=O)CC1CCCO1. The lowest BCUT2D eigenvalue weighted by molar-refractivity contribution is 0.128. The highest BCUT2D eigenvalue weighted by Gasteiger charge is 2.27. The Balaban J connectivity index is 2.00. The van der Waals surface area contributed by atoms with E-state index in [0.717, 1.165) is 31.4 Å². The average molecular weight is 281 g/mol. The van der Waals surface area contributed by atoms with Crippen molar-refractivity contribution < 1.29 is 8.95 Å². The lowest BCUT2D eigenvalue weighted by atomic mass is 10.0. The summed E-state index contributed by atoms with van der Waals surface area (Å²) in [6.07, 6.45) is 3.11. The number of hydrogen-bond donors (Lipinski definition) is 1. The highest BCUT2D eigenvalue weighted by molar-refractivity contribution is 7.85. The van der Waals surface area contributed by atoms with Gasteiger partial charge in [0.15, 0.2) is 0 Å². The molecule has 3 nitrogen and oxygen atoms in total. The Labute approximate surface area is 118 Å². The van der Waals surface area contributed by atoms with Crippen LogP contribution in [0.2, 0.25) is 0 Å². The van der Waals surface area contributed by atoms with Gasteiger partial charge < -0.3 is 10.5 Å². The zero-order valence-corrected chi connectivity index (χ0v) is 12.3. The van der Waals surface area contributed by atoms with E-state index in [1.807, 2.05) is 30.3 Å². The average Bonchev–Trinajstić information content (AvgIpc) is 2.93. The van der Waals surface area contributed by atoms with Crippen molar-refractivity contribution in [2.45, 2.75) is 43.6 Å². The summed E-state index contributed by atoms with van der Waals surface area (Å²) in [6.45, 7) is 2.87. The number of rotatable bonds is 6. The van der Waals surface area contributed by atoms with Crippen molar-refractivity contribution in [1.29, 1.82) is 0 Å². The highest BCUT2D eigenvalue weighted by atomic mass is 32.2. The van der Waals surface area contributed by atoms with Gasteiger partial charge in [0, 0.05) is 23.4 Å². The first-order valence-electron chi connectivity index (χ1n) is 7.01. The second-order valence-corrected chi connectivity index (χ2v) is 6.77. The molecule has 0 aromatic heterocycles. The second kappa shape index (κ2) is 7.17. The molecule has 0 bridgehead atoms. The highest BCUT2D eigenvalue weighted by Crippen LogP contribution is 2.23. The lowest BCUT2D eigenvalue weighted by Crippen LogP contribution is -2.33. The van der Waals surface area contributed by atoms with Gasteiger partial charge in [0.05, 0.1) is 17.1 Å². The summed E-state index contributed by atoms with van der Waals surface area (Å²) < 4.78 is 18.1. The van der Waals surface area contributed by atoms with E-state index < -0.39 is 10.8 Å². The van der Waals surface area contributed by atoms with Crippen LogP contribution in [0.3, 0.4) is 0 Å². The Kier molecular flexibility index (Phi) is 5.55. The Morgan fingerprint density at radius 3 is 2.74 bits per heavy atom. The molecule has 1 aliphatic heterocycles. The van der Waals surface area contributed by atoms with Gasteiger partial charge in [-0.2, -0.15) is 0 Å². The Bertz CT molecular complexity index is 404. The van der Waals surface area contributed by atoms with Crippen LogP contribution in [0.25, 0.3) is 0 Å². The van der Waals surface area contributed by atoms with Crippen molar-refractivity contribution >= 4 is 10.8 Å². The van der Waals surface area contributed by atoms with Gasteiger partial charge in [-0.25, -0.2) is 0 Å². The predicted octanol–water partition coefficient (Wildman–Crippen LogP) is 2.39. The maximum Gasteiger partial charge on any atom is 0.0691 e. The molecule has 4 heteroatoms. The zero-order chi connectivity index (χ0) is 13.7. The topological polar surface area (TPSA) is 52.3 Å². The van der Waals surface area contributed by atoms with Crippen LogP contribution in [0.5, 0.6) is 0 Å². The van der Waals surface area contributed by atoms with E-state index >= 15 is 0 Å². The first kappa shape index (κ1) is 14.7. The molecule has 1 aromatic rings. The molecular formula is C15H23NO2S. The van der Waals surface area contributed by atoms with Gasteiger partial charge in [0.25, 0.3) is 0 Å². The van der Waals surface area contributed by atoms with Gasteiger partial charge in [0.1, 0.15) is 0 Å². The molecule has 2 rings (SSSR count). The van der Waals surface area contributed by atoms with Crippen LogP contribution in [0.15, 0.2) is 30.3 Å². The molecule has 1 aliphatic rings. The van der Waals surface area contributed by atoms with Gasteiger partial charge >= 0.3 is 0 Å². The molecule has 4 atom stereocenters. The van der Waals surface area contributed by atoms with Crippen LogP contribution < -0.4 is 5.73 Å². The molecule has 1 saturated heterocycles. The molecule has 0 radical (unpaired) electrons. The number of nitrogens with two attached hydrogens (primary N) is 1. The fourth-order valence-electron chi connectivity index (χ4n) is 2.58. The van der Waals surface area contributed by atoms with Crippen molar-refractivity contribution in [2.24, 2.45) is 5.73 Å². The fraction of sp³-hybridized carbons (Fsp3) is 0.600. The van der Waals surface area contributed by atoms with Gasteiger partial charge in [-0.05, 0) is 24.8 Å². The molecule has 1 fully saturated rings. The largest absolute Gasteiger partial charge is 0.377 e. The van der Waals surface area contributed by atoms with Crippen molar-refractivity contribution in [3.63, 3.8) is 0 Å². The van der Waals surface area contributed by atoms with Gasteiger partial charge in [-0.15, -0.1) is 0 Å². The molecular weight excluding hydrogens is 258 g/mol. The van der Waals surface area contributed by atoms with Gasteiger partial charge in [-0.3, -0.25) is 4.21 Å². The van der Waals surface area contributed by atoms with E-state index in [2.05, 4.69) is 6.92 Å². The van der Waals surface area contributed by atoms with Crippen LogP contribution in [-0.4, -0.2) is 27.9 Å². The van der Waals surface area contributed by atoms with Gasteiger partial charge in [-0.1, -0.05) is 37.3 Å². The van der Waals surface area contributed by atoms with E-state index in [1.54, 1.807) is 0 Å². The summed E-state index contributed by atoms with van der Waals surface area (Å²) in [5, 5.41) is 0.00611. The second-order valence-electron chi connectivity index (χ2n) is 5.07. The Hall–Kier alpha value is -0.710. The summed E-state index contributed by atoms with van der Waals surface area (Å²) >= 11 is 0. The smallest absolute Gasteiger partial charge is 0.0691 e. The quantitative estimate of drug-likeness (QED) is 0.871. The summed E-state index contributed by atoms with van der Waals surface area (Å²) in [7, 11) is -0.928. The van der Waals surface area contributed by atoms with E-state index in [1.165, 1.54) is 0 Å². The Morgan fingerprint density at radius 1 is 1.42 bits per heavy atom. The molecule has 1 heterocycles. The summed E-state index contributed by atoms with van der Waals surface area (Å²) in [5.74, 6) is 0.624. The molecule has 1 aromatic carbocycles. The zero-order valence-electron chi connectivity index (χ0n) is 11.5. The van der Waals surface area contributed by atoms with E-state index in [0.29, 0.717) is 5.75 Å².